The number of Topliss-reactive ketones (excluding diaryl/α,β-unsaturated/α-hetero) is 1. The second-order valence-electron chi connectivity index (χ2n) is 4.71. The Morgan fingerprint density at radius 1 is 0.955 bits per heavy atom. The summed E-state index contributed by atoms with van der Waals surface area (Å²) < 4.78 is 0. The zero-order valence-electron chi connectivity index (χ0n) is 12.0. The predicted octanol–water partition coefficient (Wildman–Crippen LogP) is 2.14. The maximum atomic E-state index is 12.1. The Balaban J connectivity index is 2.01. The van der Waals surface area contributed by atoms with E-state index in [1.807, 2.05) is 48.5 Å². The number of amides is 1. The fourth-order valence-corrected chi connectivity index (χ4v) is 1.91. The second kappa shape index (κ2) is 7.73. The number of aryl methyl sites for hydroxylation is 1. The molecule has 3 N–H and O–H groups in total. The van der Waals surface area contributed by atoms with Gasteiger partial charge in [0, 0.05) is 6.42 Å². The van der Waals surface area contributed by atoms with Crippen LogP contribution in [-0.4, -0.2) is 17.4 Å². The van der Waals surface area contributed by atoms with E-state index < -0.39 is 5.91 Å². The number of nitrogens with two attached hydrogens (primary N) is 1. The van der Waals surface area contributed by atoms with Crippen LogP contribution in [0.4, 0.5) is 5.69 Å². The average molecular weight is 295 g/mol. The van der Waals surface area contributed by atoms with Gasteiger partial charge < -0.3 is 5.73 Å². The van der Waals surface area contributed by atoms with Crippen molar-refractivity contribution in [3.63, 3.8) is 0 Å². The first kappa shape index (κ1) is 15.4. The number of primary amides is 1. The Bertz CT molecular complexity index is 667. The van der Waals surface area contributed by atoms with Crippen LogP contribution in [0.15, 0.2) is 65.8 Å². The number of hydrogen-bond donors (Lipinski definition) is 2. The van der Waals surface area contributed by atoms with Crippen molar-refractivity contribution in [1.29, 1.82) is 0 Å². The van der Waals surface area contributed by atoms with Crippen LogP contribution in [-0.2, 0) is 16.0 Å². The van der Waals surface area contributed by atoms with Crippen molar-refractivity contribution in [2.45, 2.75) is 12.8 Å². The minimum absolute atomic E-state index is 0.183. The largest absolute Gasteiger partial charge is 0.364 e. The predicted molar refractivity (Wildman–Crippen MR) is 86.5 cm³/mol. The van der Waals surface area contributed by atoms with E-state index in [0.29, 0.717) is 12.1 Å². The van der Waals surface area contributed by atoms with Crippen LogP contribution in [0.3, 0.4) is 0 Å². The summed E-state index contributed by atoms with van der Waals surface area (Å²) in [6.07, 6.45) is 0.722. The number of hydrogen-bond acceptors (Lipinski definition) is 4. The van der Waals surface area contributed by atoms with E-state index in [1.165, 1.54) is 0 Å². The van der Waals surface area contributed by atoms with E-state index in [2.05, 4.69) is 10.5 Å². The summed E-state index contributed by atoms with van der Waals surface area (Å²) in [5.41, 5.74) is 9.35. The maximum absolute atomic E-state index is 12.1. The molecule has 0 spiro atoms. The molecule has 0 unspecified atom stereocenters. The summed E-state index contributed by atoms with van der Waals surface area (Å²) in [4.78, 5) is 23.5. The zero-order valence-corrected chi connectivity index (χ0v) is 12.0. The highest BCUT2D eigenvalue weighted by Gasteiger charge is 2.17. The first-order chi connectivity index (χ1) is 10.7. The van der Waals surface area contributed by atoms with Gasteiger partial charge in [-0.05, 0) is 24.1 Å². The van der Waals surface area contributed by atoms with E-state index in [9.17, 15) is 9.59 Å². The summed E-state index contributed by atoms with van der Waals surface area (Å²) in [7, 11) is 0. The van der Waals surface area contributed by atoms with E-state index in [-0.39, 0.29) is 17.9 Å². The summed E-state index contributed by atoms with van der Waals surface area (Å²) in [6, 6.07) is 18.6. The minimum Gasteiger partial charge on any atom is -0.364 e. The fourth-order valence-electron chi connectivity index (χ4n) is 1.91. The first-order valence-corrected chi connectivity index (χ1v) is 6.92. The highest BCUT2D eigenvalue weighted by molar-refractivity contribution is 6.65. The highest BCUT2D eigenvalue weighted by Crippen LogP contribution is 2.06. The van der Waals surface area contributed by atoms with Gasteiger partial charge in [0.25, 0.3) is 5.91 Å². The van der Waals surface area contributed by atoms with Gasteiger partial charge in [-0.15, -0.1) is 0 Å². The Kier molecular flexibility index (Phi) is 5.43. The van der Waals surface area contributed by atoms with Crippen molar-refractivity contribution in [3.8, 4) is 0 Å². The topological polar surface area (TPSA) is 84.6 Å². The molecule has 0 fully saturated rings. The molecule has 1 amide bonds. The SMILES string of the molecule is NC(=O)C(=NNc1ccccc1)C(=O)CCc1ccccc1. The van der Waals surface area contributed by atoms with Crippen LogP contribution in [0.25, 0.3) is 0 Å². The minimum atomic E-state index is -0.832. The third-order valence-electron chi connectivity index (χ3n) is 3.05. The summed E-state index contributed by atoms with van der Waals surface area (Å²) in [5, 5.41) is 3.85. The molecule has 0 aliphatic carbocycles. The fraction of sp³-hybridized carbons (Fsp3) is 0.118. The second-order valence-corrected chi connectivity index (χ2v) is 4.71. The van der Waals surface area contributed by atoms with Crippen LogP contribution in [0, 0.1) is 0 Å². The van der Waals surface area contributed by atoms with E-state index in [0.717, 1.165) is 5.56 Å². The number of anilines is 1. The van der Waals surface area contributed by atoms with Crippen LogP contribution in [0.5, 0.6) is 0 Å². The van der Waals surface area contributed by atoms with Crippen molar-refractivity contribution in [2.75, 3.05) is 5.43 Å². The number of benzene rings is 2. The number of nitrogens with zero attached hydrogens (tertiary/aromatic N) is 1. The molecule has 0 bridgehead atoms. The van der Waals surface area contributed by atoms with Gasteiger partial charge in [-0.25, -0.2) is 0 Å². The molecule has 5 nitrogen and oxygen atoms in total. The molecule has 22 heavy (non-hydrogen) atoms. The molecule has 0 heterocycles. The number of para-hydroxylation sites is 1. The van der Waals surface area contributed by atoms with Crippen LogP contribution >= 0.6 is 0 Å². The van der Waals surface area contributed by atoms with Crippen molar-refractivity contribution in [2.24, 2.45) is 10.8 Å². The molecule has 2 aromatic rings. The first-order valence-electron chi connectivity index (χ1n) is 6.92. The lowest BCUT2D eigenvalue weighted by atomic mass is 10.1. The van der Waals surface area contributed by atoms with Gasteiger partial charge in [-0.3, -0.25) is 15.0 Å². The number of carbonyl (C=O) groups is 2. The highest BCUT2D eigenvalue weighted by atomic mass is 16.2. The Labute approximate surface area is 128 Å². The van der Waals surface area contributed by atoms with Crippen molar-refractivity contribution in [3.05, 3.63) is 66.2 Å². The van der Waals surface area contributed by atoms with Crippen LogP contribution in [0.2, 0.25) is 0 Å². The average Bonchev–Trinajstić information content (AvgIpc) is 2.55. The molecule has 2 rings (SSSR count). The van der Waals surface area contributed by atoms with Gasteiger partial charge in [0.15, 0.2) is 11.5 Å². The van der Waals surface area contributed by atoms with Gasteiger partial charge in [-0.2, -0.15) is 5.10 Å². The molecule has 2 aromatic carbocycles. The Morgan fingerprint density at radius 2 is 1.55 bits per heavy atom. The third-order valence-corrected chi connectivity index (χ3v) is 3.05. The molecule has 112 valence electrons. The van der Waals surface area contributed by atoms with Crippen LogP contribution < -0.4 is 11.2 Å². The molecule has 0 saturated carbocycles. The smallest absolute Gasteiger partial charge is 0.272 e. The maximum Gasteiger partial charge on any atom is 0.272 e. The molecule has 0 radical (unpaired) electrons. The van der Waals surface area contributed by atoms with Crippen molar-refractivity contribution in [1.82, 2.24) is 0 Å². The summed E-state index contributed by atoms with van der Waals surface area (Å²) in [6.45, 7) is 0. The molecule has 0 atom stereocenters. The molecule has 5 heteroatoms. The van der Waals surface area contributed by atoms with Gasteiger partial charge >= 0.3 is 0 Å². The number of hydrazone groups is 1. The van der Waals surface area contributed by atoms with Gasteiger partial charge in [0.1, 0.15) is 0 Å². The lowest BCUT2D eigenvalue weighted by Gasteiger charge is -2.04. The van der Waals surface area contributed by atoms with Crippen LogP contribution in [0.1, 0.15) is 12.0 Å². The van der Waals surface area contributed by atoms with Gasteiger partial charge in [0.05, 0.1) is 5.69 Å². The molecule has 0 aromatic heterocycles. The van der Waals surface area contributed by atoms with E-state index in [4.69, 9.17) is 5.73 Å². The van der Waals surface area contributed by atoms with E-state index >= 15 is 0 Å². The molecule has 0 aliphatic heterocycles. The number of rotatable bonds is 7. The summed E-state index contributed by atoms with van der Waals surface area (Å²) >= 11 is 0. The number of carbonyl (C=O) groups excluding carboxylic acids is 2. The quantitative estimate of drug-likeness (QED) is 0.466. The summed E-state index contributed by atoms with van der Waals surface area (Å²) in [5.74, 6) is -1.21. The standard InChI is InChI=1S/C17H17N3O2/c18-17(22)16(20-19-14-9-5-2-6-10-14)15(21)12-11-13-7-3-1-4-8-13/h1-10,19H,11-12H2,(H2,18,22). The zero-order chi connectivity index (χ0) is 15.8. The Morgan fingerprint density at radius 3 is 2.14 bits per heavy atom. The third kappa shape index (κ3) is 4.56. The normalized spacial score (nSPS) is 11.0. The van der Waals surface area contributed by atoms with Gasteiger partial charge in [0.2, 0.25) is 0 Å². The molecule has 0 saturated heterocycles. The lowest BCUT2D eigenvalue weighted by molar-refractivity contribution is -0.116. The monoisotopic (exact) mass is 295 g/mol. The number of nitrogens with one attached hydrogen (secondary N) is 1. The van der Waals surface area contributed by atoms with Gasteiger partial charge in [-0.1, -0.05) is 48.5 Å². The molecule has 0 aliphatic rings. The van der Waals surface area contributed by atoms with Crippen molar-refractivity contribution >= 4 is 23.1 Å². The van der Waals surface area contributed by atoms with E-state index in [1.54, 1.807) is 12.1 Å². The lowest BCUT2D eigenvalue weighted by Crippen LogP contribution is -2.31. The number of ketones is 1. The van der Waals surface area contributed by atoms with Crippen molar-refractivity contribution < 1.29 is 9.59 Å². The molecular formula is C17H17N3O2. The Hall–Kier alpha value is -2.95. The molecular weight excluding hydrogens is 278 g/mol.